The zero-order valence-corrected chi connectivity index (χ0v) is 69.6. The van der Waals surface area contributed by atoms with Crippen molar-refractivity contribution in [3.05, 3.63) is 310 Å². The highest BCUT2D eigenvalue weighted by molar-refractivity contribution is 6.84. The number of aryl methyl sites for hydroxylation is 9. The molecule has 0 spiro atoms. The molecule has 0 saturated carbocycles. The normalized spacial score (nSPS) is 13.6. The van der Waals surface area contributed by atoms with Gasteiger partial charge in [0.25, 0.3) is 0 Å². The molecule has 574 valence electrons. The molecule has 16 nitrogen and oxygen atoms in total. The van der Waals surface area contributed by atoms with Crippen molar-refractivity contribution in [1.29, 1.82) is 0 Å². The number of benzene rings is 4. The van der Waals surface area contributed by atoms with Crippen LogP contribution in [-0.4, -0.2) is 75.5 Å². The molecular weight excluding hydrogens is 1440 g/mol. The third-order valence-electron chi connectivity index (χ3n) is 23.7. The van der Waals surface area contributed by atoms with Gasteiger partial charge in [0.1, 0.15) is 28.2 Å². The van der Waals surface area contributed by atoms with Crippen LogP contribution < -0.4 is 59.9 Å². The Balaban J connectivity index is 0.000000112. The number of rotatable bonds is 8. The predicted molar refractivity (Wildman–Crippen MR) is 482 cm³/mol. The fraction of sp³-hybridized carbons (Fsp3) is 0.175. The minimum absolute atomic E-state index is 0.0900. The smallest absolute Gasteiger partial charge is 0.401 e. The first-order valence-corrected chi connectivity index (χ1v) is 40.0. The van der Waals surface area contributed by atoms with Crippen LogP contribution in [-0.2, 0) is 28.2 Å². The average Bonchev–Trinajstić information content (AvgIpc) is 1.66. The number of aromatic nitrogens is 8. The number of nitrogens with zero attached hydrogens (tertiary/aromatic N) is 12. The molecule has 0 aliphatic carbocycles. The van der Waals surface area contributed by atoms with Crippen LogP contribution in [0.5, 0.6) is 0 Å². The van der Waals surface area contributed by atoms with E-state index in [0.29, 0.717) is 22.9 Å². The first-order chi connectivity index (χ1) is 56.5. The number of allylic oxidation sites excluding steroid dienone is 4. The topological polar surface area (TPSA) is 133 Å². The van der Waals surface area contributed by atoms with Gasteiger partial charge in [0, 0.05) is 92.7 Å². The Hall–Kier alpha value is -13.3. The molecule has 12 aromatic heterocycles. The van der Waals surface area contributed by atoms with Crippen molar-refractivity contribution in [2.45, 2.75) is 62.3 Å². The zero-order chi connectivity index (χ0) is 81.4. The van der Waals surface area contributed by atoms with Crippen LogP contribution in [0.15, 0.2) is 277 Å². The summed E-state index contributed by atoms with van der Waals surface area (Å²) in [6.45, 7) is 19.7. The molecule has 117 heavy (non-hydrogen) atoms. The summed E-state index contributed by atoms with van der Waals surface area (Å²) in [6.07, 6.45) is 21.2. The molecule has 0 saturated heterocycles. The van der Waals surface area contributed by atoms with Crippen molar-refractivity contribution in [2.24, 2.45) is 28.2 Å². The second kappa shape index (κ2) is 31.1. The minimum atomic E-state index is 0.0900. The fourth-order valence-corrected chi connectivity index (χ4v) is 18.0. The Morgan fingerprint density at radius 1 is 0.308 bits per heavy atom. The average molecular weight is 1540 g/mol. The standard InChI is InChI=1S/C25H25BN3O.3C24H23BN3O/c1-16-15-28(4)23(14-21(16)19-9-7-6-8-10-19)26-17(2)13-22-20-12-11-18(3)27-24(20)30-25(22)29(26)5;1-16-15-27(3)22(14-20(16)18-9-6-5-7-10-18)25-17(2)13-21-23(28(25)4)19-11-8-12-26-24(19)29-21;1-16-13-22(27(3)15-20(16)18-9-6-5-7-10-18)25-17(2)14-21-23(28(25)4)19-11-8-12-26-24(19)29-21;1-16-14-21-20-11-10-17(2)26-23(20)29-24(21)28(4)25(16)22-15-19(12-13-27(22)3)18-8-6-5-7-9-18/h6-15H,1-5H3;3*5-15H,1-4H3/q4*+1. The molecule has 0 amide bonds. The molecule has 20 heteroatoms. The largest absolute Gasteiger partial charge is 0.436 e. The van der Waals surface area contributed by atoms with Crippen LogP contribution in [0.4, 0.5) is 23.1 Å². The van der Waals surface area contributed by atoms with Crippen molar-refractivity contribution in [2.75, 3.05) is 47.4 Å². The maximum atomic E-state index is 6.22. The van der Waals surface area contributed by atoms with E-state index in [-0.39, 0.29) is 27.4 Å². The molecule has 16 aromatic rings. The third-order valence-corrected chi connectivity index (χ3v) is 23.7. The number of pyridine rings is 8. The highest BCUT2D eigenvalue weighted by Crippen LogP contribution is 2.43. The van der Waals surface area contributed by atoms with Crippen molar-refractivity contribution in [3.8, 4) is 44.5 Å². The van der Waals surface area contributed by atoms with Gasteiger partial charge in [-0.2, -0.15) is 0 Å². The molecule has 0 atom stereocenters. The Morgan fingerprint density at radius 2 is 0.684 bits per heavy atom. The summed E-state index contributed by atoms with van der Waals surface area (Å²) in [5.41, 5.74) is 32.9. The molecule has 0 radical (unpaired) electrons. The van der Waals surface area contributed by atoms with E-state index in [1.54, 1.807) is 12.4 Å². The van der Waals surface area contributed by atoms with Gasteiger partial charge in [-0.1, -0.05) is 155 Å². The lowest BCUT2D eigenvalue weighted by Crippen LogP contribution is -2.62. The van der Waals surface area contributed by atoms with E-state index in [4.69, 9.17) is 17.7 Å². The molecule has 0 fully saturated rings. The molecule has 4 aliphatic rings. The van der Waals surface area contributed by atoms with Gasteiger partial charge in [-0.3, -0.25) is 0 Å². The van der Waals surface area contributed by atoms with Gasteiger partial charge in [0.2, 0.25) is 22.9 Å². The molecule has 4 aromatic carbocycles. The lowest BCUT2D eigenvalue weighted by molar-refractivity contribution is -0.654. The van der Waals surface area contributed by atoms with E-state index in [1.165, 1.54) is 105 Å². The highest BCUT2D eigenvalue weighted by Gasteiger charge is 2.44. The van der Waals surface area contributed by atoms with Gasteiger partial charge in [-0.15, -0.1) is 0 Å². The van der Waals surface area contributed by atoms with Gasteiger partial charge in [-0.25, -0.2) is 38.2 Å². The van der Waals surface area contributed by atoms with Crippen molar-refractivity contribution in [1.82, 2.24) is 19.9 Å². The molecule has 16 heterocycles. The summed E-state index contributed by atoms with van der Waals surface area (Å²) in [6, 6.07) is 70.0. The van der Waals surface area contributed by atoms with E-state index >= 15 is 0 Å². The Kier molecular flexibility index (Phi) is 20.3. The molecule has 20 rings (SSSR count). The van der Waals surface area contributed by atoms with Crippen LogP contribution in [0.2, 0.25) is 0 Å². The van der Waals surface area contributed by atoms with E-state index in [2.05, 4.69) is 381 Å². The van der Waals surface area contributed by atoms with E-state index in [1.807, 2.05) is 44.2 Å². The second-order valence-corrected chi connectivity index (χ2v) is 31.8. The molecular formula is C97H94B4N12O4+4. The maximum Gasteiger partial charge on any atom is 0.401 e. The van der Waals surface area contributed by atoms with Crippen LogP contribution in [0.25, 0.3) is 113 Å². The molecule has 4 aliphatic heterocycles. The lowest BCUT2D eigenvalue weighted by atomic mass is 9.49. The summed E-state index contributed by atoms with van der Waals surface area (Å²) in [4.78, 5) is 27.1. The Labute approximate surface area is 685 Å². The summed E-state index contributed by atoms with van der Waals surface area (Å²) in [5, 5.41) is 4.24. The van der Waals surface area contributed by atoms with E-state index in [0.717, 1.165) is 78.7 Å². The summed E-state index contributed by atoms with van der Waals surface area (Å²) in [5.74, 6) is 3.52. The molecule has 0 unspecified atom stereocenters. The quantitative estimate of drug-likeness (QED) is 0.106. The minimum Gasteiger partial charge on any atom is -0.436 e. The maximum absolute atomic E-state index is 6.22. The second-order valence-electron chi connectivity index (χ2n) is 31.8. The van der Waals surface area contributed by atoms with Gasteiger partial charge in [0.15, 0.2) is 70.4 Å². The van der Waals surface area contributed by atoms with E-state index < -0.39 is 0 Å². The van der Waals surface area contributed by atoms with Crippen LogP contribution in [0, 0.1) is 34.6 Å². The van der Waals surface area contributed by atoms with Crippen molar-refractivity contribution >= 4 is 142 Å². The predicted octanol–water partition coefficient (Wildman–Crippen LogP) is 16.0. The Bertz CT molecular complexity index is 6690. The number of furan rings is 4. The van der Waals surface area contributed by atoms with Crippen LogP contribution >= 0.6 is 0 Å². The van der Waals surface area contributed by atoms with Gasteiger partial charge in [-0.05, 0) is 196 Å². The number of hydrogen-bond acceptors (Lipinski definition) is 12. The highest BCUT2D eigenvalue weighted by atomic mass is 16.4. The summed E-state index contributed by atoms with van der Waals surface area (Å²) in [7, 11) is 17.0. The molecule has 0 bridgehead atoms. The monoisotopic (exact) mass is 1530 g/mol. The fourth-order valence-electron chi connectivity index (χ4n) is 18.0. The lowest BCUT2D eigenvalue weighted by Gasteiger charge is -2.29. The first kappa shape index (κ1) is 76.3. The van der Waals surface area contributed by atoms with Crippen molar-refractivity contribution in [3.63, 3.8) is 0 Å². The van der Waals surface area contributed by atoms with Gasteiger partial charge in [0.05, 0.1) is 22.1 Å². The zero-order valence-electron chi connectivity index (χ0n) is 69.6. The number of fused-ring (bicyclic) bond motifs is 12. The van der Waals surface area contributed by atoms with Gasteiger partial charge < -0.3 is 36.9 Å². The van der Waals surface area contributed by atoms with Gasteiger partial charge >= 0.3 is 27.4 Å². The van der Waals surface area contributed by atoms with Crippen LogP contribution in [0.1, 0.15) is 78.4 Å². The summed E-state index contributed by atoms with van der Waals surface area (Å²) >= 11 is 0. The number of anilines is 4. The van der Waals surface area contributed by atoms with Crippen LogP contribution in [0.3, 0.4) is 0 Å². The Morgan fingerprint density at radius 3 is 1.12 bits per heavy atom. The number of hydrogen-bond donors (Lipinski definition) is 0. The third kappa shape index (κ3) is 14.1. The van der Waals surface area contributed by atoms with Crippen molar-refractivity contribution < 1.29 is 35.9 Å². The molecule has 0 N–H and O–H groups in total. The SMILES string of the molecule is CC1=Cc2c(oc3nc(C)ccc23)N(C)B1c1cc(-c2ccccc2)c(C)c[n+]1C.CC1=Cc2c(oc3nc(C)ccc23)N(C)B1c1cc(-c2ccccc2)cc[n+]1C.CC1=Cc2oc3ncccc3c2N(C)B1c1cc(-c2ccccc2)c(C)c[n+]1C.CC1=Cc2oc3ncccc3c2N(C)B1c1cc(C)c(-c2ccccc2)c[n+]1C. The first-order valence-electron chi connectivity index (χ1n) is 40.0. The summed E-state index contributed by atoms with van der Waals surface area (Å²) < 4.78 is 33.4. The van der Waals surface area contributed by atoms with E-state index in [9.17, 15) is 0 Å².